The van der Waals surface area contributed by atoms with Crippen LogP contribution in [0.25, 0.3) is 10.8 Å². The molecule has 0 spiro atoms. The van der Waals surface area contributed by atoms with Gasteiger partial charge >= 0.3 is 5.19 Å². The van der Waals surface area contributed by atoms with Crippen molar-refractivity contribution in [1.29, 1.82) is 0 Å². The molecule has 78 valence electrons. The molecule has 0 aliphatic carbocycles. The molecule has 0 aliphatic heterocycles. The number of hydrogen-bond acceptors (Lipinski definition) is 5. The fourth-order valence-corrected chi connectivity index (χ4v) is 1.85. The largest absolute Gasteiger partial charge is 0.429 e. The molecule has 3 aromatic rings. The Morgan fingerprint density at radius 1 is 1.00 bits per heavy atom. The Hall–Kier alpha value is -2.01. The molecule has 3 rings (SSSR count). The Labute approximate surface area is 95.7 Å². The van der Waals surface area contributed by atoms with E-state index in [1.54, 1.807) is 0 Å². The van der Waals surface area contributed by atoms with Crippen molar-refractivity contribution in [2.24, 2.45) is 0 Å². The molecule has 0 saturated carbocycles. The molecular weight excluding hydrogens is 222 g/mol. The highest BCUT2D eigenvalue weighted by molar-refractivity contribution is 7.07. The number of ether oxygens (including phenoxy) is 1. The van der Waals surface area contributed by atoms with E-state index in [2.05, 4.69) is 20.9 Å². The summed E-state index contributed by atoms with van der Waals surface area (Å²) in [6.07, 6.45) is 0. The summed E-state index contributed by atoms with van der Waals surface area (Å²) in [5.74, 6) is 0.747. The summed E-state index contributed by atoms with van der Waals surface area (Å²) in [6.45, 7) is 0. The first-order valence-electron chi connectivity index (χ1n) is 4.73. The Kier molecular flexibility index (Phi) is 2.23. The summed E-state index contributed by atoms with van der Waals surface area (Å²) in [5, 5.41) is 9.98. The van der Waals surface area contributed by atoms with Crippen LogP contribution in [0.3, 0.4) is 0 Å². The van der Waals surface area contributed by atoms with E-state index in [-0.39, 0.29) is 0 Å². The molecule has 4 nitrogen and oxygen atoms in total. The zero-order chi connectivity index (χ0) is 10.8. The molecule has 0 atom stereocenters. The van der Waals surface area contributed by atoms with Crippen LogP contribution in [0.4, 0.5) is 0 Å². The molecule has 0 fully saturated rings. The quantitative estimate of drug-likeness (QED) is 0.678. The van der Waals surface area contributed by atoms with Gasteiger partial charge in [0.05, 0.1) is 0 Å². The van der Waals surface area contributed by atoms with Gasteiger partial charge < -0.3 is 4.74 Å². The van der Waals surface area contributed by atoms with Gasteiger partial charge in [0.25, 0.3) is 0 Å². The van der Waals surface area contributed by atoms with Crippen LogP contribution in [0.15, 0.2) is 42.5 Å². The Morgan fingerprint density at radius 2 is 1.88 bits per heavy atom. The molecule has 0 unspecified atom stereocenters. The van der Waals surface area contributed by atoms with Gasteiger partial charge in [0.2, 0.25) is 0 Å². The summed E-state index contributed by atoms with van der Waals surface area (Å²) in [4.78, 5) is 0. The first kappa shape index (κ1) is 9.23. The second kappa shape index (κ2) is 3.86. The third-order valence-corrected chi connectivity index (χ3v) is 2.68. The molecule has 2 aromatic carbocycles. The van der Waals surface area contributed by atoms with Gasteiger partial charge in [-0.25, -0.2) is 0 Å². The third-order valence-electron chi connectivity index (χ3n) is 2.21. The molecule has 0 N–H and O–H groups in total. The van der Waals surface area contributed by atoms with E-state index in [0.717, 1.165) is 22.7 Å². The highest BCUT2D eigenvalue weighted by Gasteiger charge is 2.02. The summed E-state index contributed by atoms with van der Waals surface area (Å²) in [5.41, 5.74) is 0. The van der Waals surface area contributed by atoms with Crippen molar-refractivity contribution < 1.29 is 4.74 Å². The molecule has 5 heteroatoms. The normalized spacial score (nSPS) is 10.5. The fraction of sp³-hybridized carbons (Fsp3) is 0. The van der Waals surface area contributed by atoms with Crippen LogP contribution in [0.1, 0.15) is 0 Å². The molecule has 0 amide bonds. The number of fused-ring (bicyclic) bond motifs is 1. The minimum Gasteiger partial charge on any atom is -0.429 e. The van der Waals surface area contributed by atoms with E-state index in [4.69, 9.17) is 4.74 Å². The zero-order valence-electron chi connectivity index (χ0n) is 8.20. The van der Waals surface area contributed by atoms with Crippen LogP contribution in [-0.2, 0) is 0 Å². The monoisotopic (exact) mass is 229 g/mol. The van der Waals surface area contributed by atoms with Crippen LogP contribution >= 0.6 is 11.5 Å². The molecule has 0 bridgehead atoms. The topological polar surface area (TPSA) is 47.9 Å². The summed E-state index contributed by atoms with van der Waals surface area (Å²) in [6, 6.07) is 14.0. The number of nitrogens with zero attached hydrogens (tertiary/aromatic N) is 3. The van der Waals surface area contributed by atoms with Gasteiger partial charge in [0.1, 0.15) is 5.75 Å². The first-order chi connectivity index (χ1) is 7.92. The maximum absolute atomic E-state index is 5.51. The van der Waals surface area contributed by atoms with Gasteiger partial charge in [-0.2, -0.15) is 0 Å². The maximum Gasteiger partial charge on any atom is 0.319 e. The second-order valence-electron chi connectivity index (χ2n) is 3.24. The van der Waals surface area contributed by atoms with Crippen molar-refractivity contribution in [3.05, 3.63) is 42.5 Å². The molecule has 0 saturated heterocycles. The molecule has 1 heterocycles. The second-order valence-corrected chi connectivity index (χ2v) is 3.93. The smallest absolute Gasteiger partial charge is 0.319 e. The molecule has 1 aromatic heterocycles. The van der Waals surface area contributed by atoms with Crippen molar-refractivity contribution in [2.45, 2.75) is 0 Å². The van der Waals surface area contributed by atoms with Gasteiger partial charge in [-0.15, -0.1) is 0 Å². The standard InChI is InChI=1S/C11H7N3OS/c1-2-4-9-7-10(6-5-8(9)3-1)15-11-12-13-14-16-11/h1-7H. The minimum absolute atomic E-state index is 0.454. The van der Waals surface area contributed by atoms with Crippen LogP contribution < -0.4 is 4.74 Å². The SMILES string of the molecule is c1ccc2cc(Oc3nnns3)ccc2c1. The molecule has 0 aliphatic rings. The van der Waals surface area contributed by atoms with Crippen LogP contribution in [0, 0.1) is 0 Å². The van der Waals surface area contributed by atoms with Crippen molar-refractivity contribution >= 4 is 22.3 Å². The maximum atomic E-state index is 5.51. The predicted octanol–water partition coefficient (Wildman–Crippen LogP) is 2.88. The van der Waals surface area contributed by atoms with Gasteiger partial charge in [-0.05, 0) is 28.1 Å². The summed E-state index contributed by atoms with van der Waals surface area (Å²) < 4.78 is 9.15. The zero-order valence-corrected chi connectivity index (χ0v) is 9.02. The highest BCUT2D eigenvalue weighted by Crippen LogP contribution is 2.25. The van der Waals surface area contributed by atoms with Gasteiger partial charge in [0.15, 0.2) is 0 Å². The lowest BCUT2D eigenvalue weighted by Gasteiger charge is -2.02. The van der Waals surface area contributed by atoms with Gasteiger partial charge in [-0.3, -0.25) is 0 Å². The lowest BCUT2D eigenvalue weighted by molar-refractivity contribution is 0.473. The lowest BCUT2D eigenvalue weighted by Crippen LogP contribution is -1.83. The number of benzene rings is 2. The van der Waals surface area contributed by atoms with Crippen LogP contribution in [0.2, 0.25) is 0 Å². The average Bonchev–Trinajstić information content (AvgIpc) is 2.82. The van der Waals surface area contributed by atoms with E-state index in [1.165, 1.54) is 5.39 Å². The molecular formula is C11H7N3OS. The van der Waals surface area contributed by atoms with Gasteiger partial charge in [-0.1, -0.05) is 39.9 Å². The fourth-order valence-electron chi connectivity index (χ4n) is 1.50. The van der Waals surface area contributed by atoms with Crippen LogP contribution in [0.5, 0.6) is 10.9 Å². The Morgan fingerprint density at radius 3 is 2.69 bits per heavy atom. The Balaban J connectivity index is 1.99. The average molecular weight is 229 g/mol. The predicted molar refractivity (Wildman–Crippen MR) is 61.7 cm³/mol. The van der Waals surface area contributed by atoms with Crippen molar-refractivity contribution in [3.8, 4) is 10.9 Å². The summed E-state index contributed by atoms with van der Waals surface area (Å²) in [7, 11) is 0. The minimum atomic E-state index is 0.454. The van der Waals surface area contributed by atoms with E-state index in [0.29, 0.717) is 5.19 Å². The number of aromatic nitrogens is 3. The van der Waals surface area contributed by atoms with E-state index in [9.17, 15) is 0 Å². The number of hydrogen-bond donors (Lipinski definition) is 0. The van der Waals surface area contributed by atoms with Crippen molar-refractivity contribution in [2.75, 3.05) is 0 Å². The van der Waals surface area contributed by atoms with Crippen molar-refractivity contribution in [3.63, 3.8) is 0 Å². The lowest BCUT2D eigenvalue weighted by atomic mass is 10.1. The van der Waals surface area contributed by atoms with Crippen LogP contribution in [-0.4, -0.2) is 14.8 Å². The Bertz CT molecular complexity index is 609. The first-order valence-corrected chi connectivity index (χ1v) is 5.51. The summed E-state index contributed by atoms with van der Waals surface area (Å²) >= 11 is 1.13. The van der Waals surface area contributed by atoms with Gasteiger partial charge in [0, 0.05) is 11.5 Å². The van der Waals surface area contributed by atoms with E-state index >= 15 is 0 Å². The van der Waals surface area contributed by atoms with Crippen molar-refractivity contribution in [1.82, 2.24) is 14.8 Å². The molecule has 16 heavy (non-hydrogen) atoms. The third kappa shape index (κ3) is 1.72. The van der Waals surface area contributed by atoms with E-state index in [1.807, 2.05) is 36.4 Å². The molecule has 0 radical (unpaired) electrons. The number of rotatable bonds is 2. The van der Waals surface area contributed by atoms with E-state index < -0.39 is 0 Å². The highest BCUT2D eigenvalue weighted by atomic mass is 32.1.